The third kappa shape index (κ3) is 15.9. The van der Waals surface area contributed by atoms with Crippen LogP contribution in [0.4, 0.5) is 59.7 Å². The number of amides is 2. The number of anilines is 8. The summed E-state index contributed by atoms with van der Waals surface area (Å²) in [6, 6.07) is 25.3. The van der Waals surface area contributed by atoms with Crippen molar-refractivity contribution in [3.8, 4) is 33.6 Å². The van der Waals surface area contributed by atoms with Crippen LogP contribution in [0.1, 0.15) is 107 Å². The van der Waals surface area contributed by atoms with Gasteiger partial charge < -0.3 is 55.2 Å². The highest BCUT2D eigenvalue weighted by Crippen LogP contribution is 2.44. The molecule has 116 heavy (non-hydrogen) atoms. The van der Waals surface area contributed by atoms with Crippen LogP contribution >= 0.6 is 0 Å². The van der Waals surface area contributed by atoms with Crippen molar-refractivity contribution in [3.05, 3.63) is 173 Å². The largest absolute Gasteiger partial charge is 0.387 e. The van der Waals surface area contributed by atoms with Gasteiger partial charge in [0, 0.05) is 155 Å². The summed E-state index contributed by atoms with van der Waals surface area (Å²) in [7, 11) is 0. The highest BCUT2D eigenvalue weighted by atomic mass is 19.1. The van der Waals surface area contributed by atoms with Crippen molar-refractivity contribution < 1.29 is 33.0 Å². The minimum Gasteiger partial charge on any atom is -0.387 e. The first-order chi connectivity index (χ1) is 55.8. The van der Waals surface area contributed by atoms with Gasteiger partial charge in [-0.1, -0.05) is 40.7 Å². The average Bonchev–Trinajstić information content (AvgIpc) is 1.59. The lowest BCUT2D eigenvalue weighted by atomic mass is 9.85. The van der Waals surface area contributed by atoms with Gasteiger partial charge in [0.2, 0.25) is 23.7 Å². The highest BCUT2D eigenvalue weighted by Gasteiger charge is 2.37. The number of aliphatic hydroxyl groups is 2. The number of hydrogen-bond donors (Lipinski definition) is 5. The first kappa shape index (κ1) is 78.3. The molecule has 0 atom stereocenters. The lowest BCUT2D eigenvalue weighted by Gasteiger charge is -2.35. The molecule has 3 aromatic carbocycles. The summed E-state index contributed by atoms with van der Waals surface area (Å²) in [5.41, 5.74) is 15.6. The fraction of sp³-hybridized carbons (Fsp3) is 0.407. The van der Waals surface area contributed by atoms with E-state index in [0.717, 1.165) is 175 Å². The van der Waals surface area contributed by atoms with Crippen LogP contribution in [-0.4, -0.2) is 209 Å². The van der Waals surface area contributed by atoms with E-state index in [4.69, 9.17) is 25.4 Å². The van der Waals surface area contributed by atoms with E-state index in [9.17, 15) is 14.0 Å². The Balaban J connectivity index is 0.000000131. The van der Waals surface area contributed by atoms with Crippen LogP contribution in [0.3, 0.4) is 0 Å². The van der Waals surface area contributed by atoms with Gasteiger partial charge in [-0.25, -0.2) is 58.0 Å². The Hall–Kier alpha value is -11.6. The molecule has 15 heterocycles. The van der Waals surface area contributed by atoms with Crippen molar-refractivity contribution in [1.82, 2.24) is 88.6 Å². The molecule has 602 valence electrons. The third-order valence-corrected chi connectivity index (χ3v) is 23.7. The van der Waals surface area contributed by atoms with E-state index in [1.165, 1.54) is 30.0 Å². The van der Waals surface area contributed by atoms with Gasteiger partial charge in [-0.2, -0.15) is 10.2 Å². The zero-order valence-corrected chi connectivity index (χ0v) is 67.3. The number of halogens is 3. The standard InChI is InChI=1S/C30H34FN7O2.C28H31FN8O2.C28H33FN8/c1-19-12-21(13-23-28(19)35-38-7-6-30(2,3)29(23)38)22-14-26(33-16-24(22)31)34-25-5-4-20(15-32-25)17-36-8-10-37(11-9-36)27(40)18-39;1-17-12-18(13-21-25(17)33-23-6-7-28(2,3)37(21)23)26-20(29)15-31-27(34-26)32-22-5-4-19(14-30-22)35-8-10-36(11-9-35)24(39)16-38;1-5-35-10-12-36(13-11-35)20-6-7-23(30-16-20)32-27-31-17-22(29)25(33-27)19-14-18(2)24-21(15-19)26-28(3,4)8-9-37(26)34-24/h4-5,12-16,39H,6-11,17-18H2,1-3H3,(H,32,33,34);4-5,12-15,38H,6-11,16H2,1-3H3,(H,30,31,32,34);6-7,14-17H,5,8-13H2,1-4H3,(H,30,31,32,33). The number of benzene rings is 3. The maximum atomic E-state index is 15.1. The summed E-state index contributed by atoms with van der Waals surface area (Å²) in [6.45, 7) is 33.6. The van der Waals surface area contributed by atoms with Gasteiger partial charge in [0.05, 0.1) is 75.8 Å². The van der Waals surface area contributed by atoms with Gasteiger partial charge in [-0.3, -0.25) is 23.9 Å². The van der Waals surface area contributed by atoms with Gasteiger partial charge in [-0.05, 0) is 161 Å². The number of pyridine rings is 4. The van der Waals surface area contributed by atoms with Crippen LogP contribution < -0.4 is 25.8 Å². The summed E-state index contributed by atoms with van der Waals surface area (Å²) in [5, 5.41) is 39.4. The summed E-state index contributed by atoms with van der Waals surface area (Å²) < 4.78 is 51.5. The number of fused-ring (bicyclic) bond motifs is 9. The molecule has 5 N–H and O–H groups in total. The fourth-order valence-electron chi connectivity index (χ4n) is 17.1. The SMILES string of the molecule is CCN1CCN(c2ccc(Nc3ncc(F)c(-c4cc(C)c5nn6c(c5c4)C(C)(C)CC6)n3)nc2)CC1.Cc1cc(-c2cc(Nc3ccc(CN4CCN(C(=O)CO)CC4)cn3)ncc2F)cc2c3n(nc12)CCC3(C)C.Cc1cc(-c2nc(Nc3ccc(N4CCN(C(=O)CO)CC4)cn3)ncc2F)cc2c1nc1n2C(C)(C)CC1. The van der Waals surface area contributed by atoms with Crippen LogP contribution in [0.25, 0.3) is 66.5 Å². The zero-order chi connectivity index (χ0) is 81.1. The average molecular weight is 1570 g/mol. The van der Waals surface area contributed by atoms with Crippen LogP contribution in [0.5, 0.6) is 0 Å². The lowest BCUT2D eigenvalue weighted by Crippen LogP contribution is -2.49. The Morgan fingerprint density at radius 3 is 1.45 bits per heavy atom. The fourth-order valence-corrected chi connectivity index (χ4v) is 17.1. The smallest absolute Gasteiger partial charge is 0.248 e. The molecule has 0 unspecified atom stereocenters. The van der Waals surface area contributed by atoms with Gasteiger partial charge in [0.25, 0.3) is 0 Å². The maximum absolute atomic E-state index is 15.1. The molecular formula is C86H98F3N23O4. The van der Waals surface area contributed by atoms with Crippen molar-refractivity contribution in [2.45, 2.75) is 131 Å². The van der Waals surface area contributed by atoms with Crippen molar-refractivity contribution in [3.63, 3.8) is 0 Å². The van der Waals surface area contributed by atoms with E-state index in [0.29, 0.717) is 79.6 Å². The van der Waals surface area contributed by atoms with Gasteiger partial charge >= 0.3 is 0 Å². The molecular weight excluding hydrogens is 1480 g/mol. The van der Waals surface area contributed by atoms with Gasteiger partial charge in [0.15, 0.2) is 11.6 Å². The molecule has 3 saturated heterocycles. The zero-order valence-electron chi connectivity index (χ0n) is 67.3. The van der Waals surface area contributed by atoms with E-state index in [1.807, 2.05) is 93.8 Å². The Morgan fingerprint density at radius 2 is 0.931 bits per heavy atom. The van der Waals surface area contributed by atoms with Crippen LogP contribution in [0, 0.1) is 38.2 Å². The maximum Gasteiger partial charge on any atom is 0.248 e. The molecule has 2 amide bonds. The van der Waals surface area contributed by atoms with Crippen molar-refractivity contribution in [2.24, 2.45) is 0 Å². The highest BCUT2D eigenvalue weighted by molar-refractivity contribution is 5.92. The number of aromatic nitrogens is 14. The molecule has 0 aliphatic carbocycles. The normalized spacial score (nSPS) is 16.9. The molecule has 27 nitrogen and oxygen atoms in total. The molecule has 18 rings (SSSR count). The van der Waals surface area contributed by atoms with Crippen LogP contribution in [0.2, 0.25) is 0 Å². The lowest BCUT2D eigenvalue weighted by molar-refractivity contribution is -0.136. The van der Waals surface area contributed by atoms with Crippen LogP contribution in [-0.2, 0) is 52.0 Å². The molecule has 3 fully saturated rings. The summed E-state index contributed by atoms with van der Waals surface area (Å²) in [5.74, 6) is 2.11. The number of nitrogens with one attached hydrogen (secondary N) is 3. The Bertz CT molecular complexity index is 5690. The first-order valence-electron chi connectivity index (χ1n) is 39.9. The minimum atomic E-state index is -0.498. The van der Waals surface area contributed by atoms with Gasteiger partial charge in [0.1, 0.15) is 59.5 Å². The van der Waals surface area contributed by atoms with Crippen molar-refractivity contribution >= 4 is 91.2 Å². The van der Waals surface area contributed by atoms with Gasteiger partial charge in [-0.15, -0.1) is 0 Å². The summed E-state index contributed by atoms with van der Waals surface area (Å²) >= 11 is 0. The number of nitrogens with zero attached hydrogens (tertiary/aromatic N) is 20. The molecule has 0 spiro atoms. The second kappa shape index (κ2) is 31.9. The number of hydrogen-bond acceptors (Lipinski definition) is 22. The molecule has 9 aromatic heterocycles. The molecule has 12 aromatic rings. The Kier molecular flexibility index (Phi) is 21.5. The van der Waals surface area contributed by atoms with Crippen molar-refractivity contribution in [2.75, 3.05) is 124 Å². The number of imidazole rings is 1. The second-order valence-corrected chi connectivity index (χ2v) is 32.9. The molecule has 0 radical (unpaired) electrons. The minimum absolute atomic E-state index is 0.0223. The van der Waals surface area contributed by atoms with E-state index in [1.54, 1.807) is 22.1 Å². The number of rotatable bonds is 16. The predicted octanol–water partition coefficient (Wildman–Crippen LogP) is 12.3. The van der Waals surface area contributed by atoms with Crippen LogP contribution in [0.15, 0.2) is 116 Å². The number of aryl methyl sites for hydroxylation is 6. The number of carbonyl (C=O) groups is 2. The summed E-state index contributed by atoms with van der Waals surface area (Å²) in [6.07, 6.45) is 13.1. The van der Waals surface area contributed by atoms with E-state index >= 15 is 8.78 Å². The number of aliphatic hydroxyl groups excluding tert-OH is 2. The quantitative estimate of drug-likeness (QED) is 0.0601. The third-order valence-electron chi connectivity index (χ3n) is 23.7. The number of likely N-dealkylation sites (N-methyl/N-ethyl adjacent to an activating group) is 1. The predicted molar refractivity (Wildman–Crippen MR) is 443 cm³/mol. The van der Waals surface area contributed by atoms with E-state index < -0.39 is 24.8 Å². The first-order valence-corrected chi connectivity index (χ1v) is 39.9. The Labute approximate surface area is 671 Å². The Morgan fingerprint density at radius 1 is 0.466 bits per heavy atom. The molecule has 0 saturated carbocycles. The topological polar surface area (TPSA) is 287 Å². The molecule has 6 aliphatic rings. The van der Waals surface area contributed by atoms with E-state index in [2.05, 4.69) is 150 Å². The van der Waals surface area contributed by atoms with Crippen molar-refractivity contribution in [1.29, 1.82) is 0 Å². The second-order valence-electron chi connectivity index (χ2n) is 32.9. The monoisotopic (exact) mass is 1570 g/mol. The number of carbonyl (C=O) groups excluding carboxylic acids is 2. The molecule has 30 heteroatoms. The molecule has 6 aliphatic heterocycles. The summed E-state index contributed by atoms with van der Waals surface area (Å²) in [4.78, 5) is 76.0. The number of piperazine rings is 3. The van der Waals surface area contributed by atoms with E-state index in [-0.39, 0.29) is 51.3 Å². The molecule has 0 bridgehead atoms.